The van der Waals surface area contributed by atoms with Gasteiger partial charge in [-0.05, 0) is 49.9 Å². The Labute approximate surface area is 127 Å². The fraction of sp³-hybridized carbons (Fsp3) is 0.211. The minimum atomic E-state index is 1.27. The van der Waals surface area contributed by atoms with E-state index in [-0.39, 0.29) is 0 Å². The molecule has 2 aromatic carbocycles. The van der Waals surface area contributed by atoms with E-state index < -0.39 is 0 Å². The number of hydrogen-bond donors (Lipinski definition) is 0. The first-order valence-corrected chi connectivity index (χ1v) is 7.30. The predicted molar refractivity (Wildman–Crippen MR) is 90.2 cm³/mol. The molecular weight excluding hydrogens is 256 g/mol. The number of para-hydroxylation sites is 2. The third-order valence-electron chi connectivity index (χ3n) is 4.03. The summed E-state index contributed by atoms with van der Waals surface area (Å²) in [5.41, 5.74) is 7.70. The van der Waals surface area contributed by atoms with Crippen molar-refractivity contribution >= 4 is 11.4 Å². The summed E-state index contributed by atoms with van der Waals surface area (Å²) in [6, 6.07) is 12.9. The molecule has 21 heavy (non-hydrogen) atoms. The maximum absolute atomic E-state index is 2.20. The summed E-state index contributed by atoms with van der Waals surface area (Å²) in [7, 11) is 0. The molecule has 1 radical (unpaired) electrons. The summed E-state index contributed by atoms with van der Waals surface area (Å²) in [4.78, 5) is 4.41. The second-order valence-corrected chi connectivity index (χ2v) is 5.71. The van der Waals surface area contributed by atoms with Gasteiger partial charge in [-0.1, -0.05) is 36.4 Å². The average molecular weight is 277 g/mol. The summed E-state index contributed by atoms with van der Waals surface area (Å²) in [6.07, 6.45) is 4.25. The van der Waals surface area contributed by atoms with Crippen LogP contribution in [0.15, 0.2) is 48.8 Å². The molecule has 0 amide bonds. The van der Waals surface area contributed by atoms with Crippen molar-refractivity contribution in [2.45, 2.75) is 27.7 Å². The van der Waals surface area contributed by atoms with Crippen molar-refractivity contribution in [2.75, 3.05) is 9.80 Å². The van der Waals surface area contributed by atoms with Crippen LogP contribution in [0.5, 0.6) is 0 Å². The molecule has 107 valence electrons. The largest absolute Gasteiger partial charge is 0.321 e. The molecule has 0 atom stereocenters. The van der Waals surface area contributed by atoms with E-state index in [0.29, 0.717) is 0 Å². The van der Waals surface area contributed by atoms with Crippen molar-refractivity contribution in [1.29, 1.82) is 0 Å². The molecule has 0 aromatic heterocycles. The van der Waals surface area contributed by atoms with Gasteiger partial charge in [-0.15, -0.1) is 0 Å². The molecule has 0 unspecified atom stereocenters. The Morgan fingerprint density at radius 3 is 1.24 bits per heavy atom. The monoisotopic (exact) mass is 277 g/mol. The van der Waals surface area contributed by atoms with Crippen LogP contribution in [0.25, 0.3) is 0 Å². The smallest absolute Gasteiger partial charge is 0.150 e. The zero-order chi connectivity index (χ0) is 15.0. The van der Waals surface area contributed by atoms with Gasteiger partial charge in [0.25, 0.3) is 0 Å². The molecule has 0 bridgehead atoms. The van der Waals surface area contributed by atoms with Crippen LogP contribution >= 0.6 is 0 Å². The fourth-order valence-corrected chi connectivity index (χ4v) is 3.05. The first kappa shape index (κ1) is 13.7. The Bertz CT molecular complexity index is 601. The maximum Gasteiger partial charge on any atom is 0.150 e. The SMILES string of the molecule is Cc1cccc(C)c1N1[CH]N(c2c(C)cccc2C)C=C1. The molecule has 1 aliphatic rings. The van der Waals surface area contributed by atoms with Gasteiger partial charge in [0.15, 0.2) is 6.67 Å². The van der Waals surface area contributed by atoms with Crippen molar-refractivity contribution in [2.24, 2.45) is 0 Å². The highest BCUT2D eigenvalue weighted by molar-refractivity contribution is 5.70. The zero-order valence-electron chi connectivity index (χ0n) is 13.1. The molecule has 0 spiro atoms. The second-order valence-electron chi connectivity index (χ2n) is 5.71. The Morgan fingerprint density at radius 1 is 0.571 bits per heavy atom. The molecule has 0 fully saturated rings. The first-order chi connectivity index (χ1) is 10.1. The van der Waals surface area contributed by atoms with E-state index in [1.807, 2.05) is 0 Å². The highest BCUT2D eigenvalue weighted by Crippen LogP contribution is 2.34. The van der Waals surface area contributed by atoms with Gasteiger partial charge in [0, 0.05) is 23.8 Å². The molecule has 1 aliphatic heterocycles. The summed E-state index contributed by atoms with van der Waals surface area (Å²) >= 11 is 0. The Kier molecular flexibility index (Phi) is 3.46. The highest BCUT2D eigenvalue weighted by Gasteiger charge is 2.21. The lowest BCUT2D eigenvalue weighted by Gasteiger charge is -2.25. The van der Waals surface area contributed by atoms with E-state index in [2.05, 4.69) is 93.0 Å². The molecule has 3 rings (SSSR count). The zero-order valence-corrected chi connectivity index (χ0v) is 13.1. The van der Waals surface area contributed by atoms with Crippen LogP contribution in [0, 0.1) is 34.4 Å². The standard InChI is InChI=1S/C19H21N2/c1-14-7-5-8-15(2)18(14)20-11-12-21(13-20)19-16(3)9-6-10-17(19)4/h5-13H,1-4H3. The lowest BCUT2D eigenvalue weighted by atomic mass is 10.1. The summed E-state index contributed by atoms with van der Waals surface area (Å²) in [6.45, 7) is 10.8. The molecule has 2 aromatic rings. The van der Waals surface area contributed by atoms with Gasteiger partial charge in [-0.25, -0.2) is 0 Å². The van der Waals surface area contributed by atoms with Crippen LogP contribution in [0.3, 0.4) is 0 Å². The topological polar surface area (TPSA) is 6.48 Å². The van der Waals surface area contributed by atoms with Crippen LogP contribution < -0.4 is 9.80 Å². The minimum absolute atomic E-state index is 1.27. The third-order valence-corrected chi connectivity index (χ3v) is 4.03. The molecular formula is C19H21N2. The second kappa shape index (κ2) is 5.28. The van der Waals surface area contributed by atoms with Crippen molar-refractivity contribution in [3.63, 3.8) is 0 Å². The van der Waals surface area contributed by atoms with Crippen LogP contribution in [0.4, 0.5) is 11.4 Å². The van der Waals surface area contributed by atoms with Gasteiger partial charge in [-0.2, -0.15) is 0 Å². The minimum Gasteiger partial charge on any atom is -0.321 e. The van der Waals surface area contributed by atoms with Crippen LogP contribution in [-0.2, 0) is 0 Å². The third kappa shape index (κ3) is 2.42. The number of aryl methyl sites for hydroxylation is 4. The average Bonchev–Trinajstić information content (AvgIpc) is 2.87. The van der Waals surface area contributed by atoms with Crippen LogP contribution in [0.1, 0.15) is 22.3 Å². The van der Waals surface area contributed by atoms with E-state index in [9.17, 15) is 0 Å². The van der Waals surface area contributed by atoms with Gasteiger partial charge < -0.3 is 9.80 Å². The molecule has 0 N–H and O–H groups in total. The Balaban J connectivity index is 1.92. The van der Waals surface area contributed by atoms with Crippen molar-refractivity contribution in [3.8, 4) is 0 Å². The van der Waals surface area contributed by atoms with Gasteiger partial charge in [0.05, 0.1) is 0 Å². The predicted octanol–water partition coefficient (Wildman–Crippen LogP) is 4.84. The van der Waals surface area contributed by atoms with Crippen molar-refractivity contribution in [3.05, 3.63) is 77.7 Å². The van der Waals surface area contributed by atoms with E-state index in [1.54, 1.807) is 0 Å². The van der Waals surface area contributed by atoms with Crippen LogP contribution in [0.2, 0.25) is 0 Å². The van der Waals surface area contributed by atoms with Gasteiger partial charge in [0.2, 0.25) is 0 Å². The summed E-state index contributed by atoms with van der Waals surface area (Å²) < 4.78 is 0. The quantitative estimate of drug-likeness (QED) is 0.775. The first-order valence-electron chi connectivity index (χ1n) is 7.30. The normalized spacial score (nSPS) is 14.1. The summed E-state index contributed by atoms with van der Waals surface area (Å²) in [5.74, 6) is 0. The van der Waals surface area contributed by atoms with Gasteiger partial charge in [-0.3, -0.25) is 0 Å². The number of nitrogens with zero attached hydrogens (tertiary/aromatic N) is 2. The van der Waals surface area contributed by atoms with E-state index in [0.717, 1.165) is 0 Å². The van der Waals surface area contributed by atoms with Gasteiger partial charge in [0.1, 0.15) is 0 Å². The number of anilines is 2. The summed E-state index contributed by atoms with van der Waals surface area (Å²) in [5, 5.41) is 0. The molecule has 2 nitrogen and oxygen atoms in total. The lowest BCUT2D eigenvalue weighted by Crippen LogP contribution is -2.20. The number of rotatable bonds is 2. The maximum atomic E-state index is 2.20. The molecule has 1 heterocycles. The molecule has 2 heteroatoms. The van der Waals surface area contributed by atoms with E-state index >= 15 is 0 Å². The number of benzene rings is 2. The highest BCUT2D eigenvalue weighted by atomic mass is 15.3. The molecule has 0 saturated heterocycles. The van der Waals surface area contributed by atoms with Gasteiger partial charge >= 0.3 is 0 Å². The Morgan fingerprint density at radius 2 is 0.905 bits per heavy atom. The molecule has 0 aliphatic carbocycles. The van der Waals surface area contributed by atoms with E-state index in [4.69, 9.17) is 0 Å². The fourth-order valence-electron chi connectivity index (χ4n) is 3.05. The number of hydrogen-bond acceptors (Lipinski definition) is 2. The van der Waals surface area contributed by atoms with E-state index in [1.165, 1.54) is 33.6 Å². The Hall–Kier alpha value is -2.22. The van der Waals surface area contributed by atoms with Crippen LogP contribution in [-0.4, -0.2) is 0 Å². The van der Waals surface area contributed by atoms with Crippen molar-refractivity contribution < 1.29 is 0 Å². The molecule has 0 saturated carbocycles. The van der Waals surface area contributed by atoms with Crippen molar-refractivity contribution in [1.82, 2.24) is 0 Å². The lowest BCUT2D eigenvalue weighted by molar-refractivity contribution is 1.08.